The minimum atomic E-state index is 0.953. The summed E-state index contributed by atoms with van der Waals surface area (Å²) in [7, 11) is 0. The third-order valence-corrected chi connectivity index (χ3v) is 12.9. The van der Waals surface area contributed by atoms with Crippen molar-refractivity contribution in [3.8, 4) is 27.9 Å². The molecule has 0 spiro atoms. The molecule has 0 N–H and O–H groups in total. The van der Waals surface area contributed by atoms with Crippen LogP contribution in [0.5, 0.6) is 0 Å². The van der Waals surface area contributed by atoms with Gasteiger partial charge in [-0.05, 0) is 116 Å². The number of anilines is 2. The summed E-state index contributed by atoms with van der Waals surface area (Å²) in [5.74, 6) is 0. The van der Waals surface area contributed by atoms with E-state index in [4.69, 9.17) is 0 Å². The molecule has 0 unspecified atom stereocenters. The van der Waals surface area contributed by atoms with E-state index in [1.165, 1.54) is 93.2 Å². The Hall–Kier alpha value is -7.94. The molecule has 0 bridgehead atoms. The second-order valence-corrected chi connectivity index (χ2v) is 16.4. The van der Waals surface area contributed by atoms with Crippen LogP contribution in [0, 0.1) is 0 Å². The van der Waals surface area contributed by atoms with Gasteiger partial charge in [-0.3, -0.25) is 0 Å². The first kappa shape index (κ1) is 36.0. The van der Waals surface area contributed by atoms with Crippen LogP contribution in [-0.4, -0.2) is 4.57 Å². The van der Waals surface area contributed by atoms with Gasteiger partial charge in [0.1, 0.15) is 0 Å². The number of hydrogen-bond donors (Lipinski definition) is 0. The summed E-state index contributed by atoms with van der Waals surface area (Å²) in [6.45, 7) is 0. The molecule has 0 saturated carbocycles. The van der Waals surface area contributed by atoms with Crippen molar-refractivity contribution in [3.05, 3.63) is 242 Å². The van der Waals surface area contributed by atoms with Crippen LogP contribution in [0.15, 0.2) is 236 Å². The van der Waals surface area contributed by atoms with E-state index in [-0.39, 0.29) is 0 Å². The van der Waals surface area contributed by atoms with Gasteiger partial charge >= 0.3 is 0 Å². The highest BCUT2D eigenvalue weighted by Crippen LogP contribution is 2.45. The fraction of sp³-hybridized carbons (Fsp3) is 0.0333. The fourth-order valence-electron chi connectivity index (χ4n) is 9.93. The van der Waals surface area contributed by atoms with E-state index in [0.717, 1.165) is 29.9 Å². The summed E-state index contributed by atoms with van der Waals surface area (Å²) in [5, 5.41) is 10.3. The van der Waals surface area contributed by atoms with Crippen molar-refractivity contribution < 1.29 is 0 Å². The fourth-order valence-corrected chi connectivity index (χ4v) is 9.93. The van der Waals surface area contributed by atoms with E-state index >= 15 is 0 Å². The lowest BCUT2D eigenvalue weighted by atomic mass is 9.93. The second-order valence-electron chi connectivity index (χ2n) is 16.4. The molecule has 0 atom stereocenters. The molecule has 1 aromatic heterocycles. The molecule has 12 rings (SSSR count). The molecule has 0 fully saturated rings. The largest absolute Gasteiger partial charge is 0.314 e. The number of aromatic nitrogens is 1. The Labute approximate surface area is 361 Å². The smallest absolute Gasteiger partial charge is 0.0626 e. The van der Waals surface area contributed by atoms with Crippen molar-refractivity contribution >= 4 is 71.1 Å². The van der Waals surface area contributed by atoms with Gasteiger partial charge in [0.05, 0.1) is 11.0 Å². The van der Waals surface area contributed by atoms with Crippen molar-refractivity contribution in [3.63, 3.8) is 0 Å². The summed E-state index contributed by atoms with van der Waals surface area (Å²) < 4.78 is 2.48. The van der Waals surface area contributed by atoms with Gasteiger partial charge in [0.15, 0.2) is 0 Å². The number of allylic oxidation sites excluding steroid dienone is 4. The van der Waals surface area contributed by atoms with Gasteiger partial charge in [-0.1, -0.05) is 182 Å². The normalized spacial score (nSPS) is 12.9. The lowest BCUT2D eigenvalue weighted by Gasteiger charge is -2.30. The van der Waals surface area contributed by atoms with Crippen molar-refractivity contribution in [2.75, 3.05) is 4.90 Å². The highest BCUT2D eigenvalue weighted by atomic mass is 15.1. The first-order valence-corrected chi connectivity index (χ1v) is 21.6. The van der Waals surface area contributed by atoms with Crippen LogP contribution in [0.2, 0.25) is 0 Å². The standard InChI is InChI=1S/C60H42N2/c1-3-13-41(14-4-1)43-23-32-48(33-24-43)61(49-34-25-44(26-35-49)42-15-5-2-6-16-42)50-36-27-45(28-37-50)46-29-38-51(39-30-46)62-57-22-12-11-21-56(57)59-58-52-18-8-7-17-47(52)31-40-54(58)53-19-9-10-20-55(53)60(59)62/h1-25,27-34,36-40H,26,35H2. The van der Waals surface area contributed by atoms with Crippen molar-refractivity contribution in [2.45, 2.75) is 12.8 Å². The topological polar surface area (TPSA) is 8.17 Å². The summed E-state index contributed by atoms with van der Waals surface area (Å²) in [5.41, 5.74) is 14.7. The molecule has 2 nitrogen and oxygen atoms in total. The quantitative estimate of drug-likeness (QED) is 0.146. The minimum absolute atomic E-state index is 0.953. The third-order valence-electron chi connectivity index (χ3n) is 12.9. The zero-order chi connectivity index (χ0) is 41.0. The zero-order valence-corrected chi connectivity index (χ0v) is 34.2. The Morgan fingerprint density at radius 2 is 0.871 bits per heavy atom. The second kappa shape index (κ2) is 15.0. The number of fused-ring (bicyclic) bond motifs is 10. The number of rotatable bonds is 7. The van der Waals surface area contributed by atoms with Gasteiger partial charge in [0.2, 0.25) is 0 Å². The van der Waals surface area contributed by atoms with E-state index in [1.807, 2.05) is 0 Å². The van der Waals surface area contributed by atoms with E-state index in [9.17, 15) is 0 Å². The molecule has 62 heavy (non-hydrogen) atoms. The lowest BCUT2D eigenvalue weighted by molar-refractivity contribution is 0.930. The lowest BCUT2D eigenvalue weighted by Crippen LogP contribution is -2.17. The Balaban J connectivity index is 0.938. The first-order chi connectivity index (χ1) is 30.8. The monoisotopic (exact) mass is 790 g/mol. The van der Waals surface area contributed by atoms with Crippen molar-refractivity contribution in [1.82, 2.24) is 4.57 Å². The highest BCUT2D eigenvalue weighted by molar-refractivity contribution is 6.36. The molecular formula is C60H42N2. The van der Waals surface area contributed by atoms with Gasteiger partial charge < -0.3 is 9.47 Å². The molecule has 0 saturated heterocycles. The van der Waals surface area contributed by atoms with Crippen LogP contribution in [-0.2, 0) is 0 Å². The van der Waals surface area contributed by atoms with Crippen LogP contribution >= 0.6 is 0 Å². The van der Waals surface area contributed by atoms with Gasteiger partial charge in [0, 0.05) is 44.3 Å². The number of benzene rings is 10. The van der Waals surface area contributed by atoms with Crippen LogP contribution in [0.25, 0.3) is 87.6 Å². The molecular weight excluding hydrogens is 749 g/mol. The molecule has 1 aliphatic carbocycles. The average Bonchev–Trinajstić information content (AvgIpc) is 3.71. The van der Waals surface area contributed by atoms with Gasteiger partial charge in [-0.15, -0.1) is 0 Å². The van der Waals surface area contributed by atoms with E-state index in [0.29, 0.717) is 0 Å². The molecule has 292 valence electrons. The predicted molar refractivity (Wildman–Crippen MR) is 264 cm³/mol. The summed E-state index contributed by atoms with van der Waals surface area (Å²) in [6, 6.07) is 79.9. The summed E-state index contributed by atoms with van der Waals surface area (Å²) in [6.07, 6.45) is 6.56. The van der Waals surface area contributed by atoms with Gasteiger partial charge in [0.25, 0.3) is 0 Å². The molecule has 0 aliphatic heterocycles. The highest BCUT2D eigenvalue weighted by Gasteiger charge is 2.21. The number of para-hydroxylation sites is 1. The third kappa shape index (κ3) is 6.03. The maximum absolute atomic E-state index is 2.48. The number of nitrogens with zero attached hydrogens (tertiary/aromatic N) is 2. The molecule has 1 aliphatic rings. The first-order valence-electron chi connectivity index (χ1n) is 21.6. The average molecular weight is 791 g/mol. The van der Waals surface area contributed by atoms with Crippen molar-refractivity contribution in [2.24, 2.45) is 0 Å². The number of hydrogen-bond acceptors (Lipinski definition) is 1. The van der Waals surface area contributed by atoms with Crippen LogP contribution in [0.1, 0.15) is 18.4 Å². The Bertz CT molecular complexity index is 3520. The Kier molecular flexibility index (Phi) is 8.67. The van der Waals surface area contributed by atoms with Crippen LogP contribution in [0.3, 0.4) is 0 Å². The molecule has 11 aromatic rings. The molecule has 0 radical (unpaired) electrons. The predicted octanol–water partition coefficient (Wildman–Crippen LogP) is 16.5. The van der Waals surface area contributed by atoms with Crippen molar-refractivity contribution in [1.29, 1.82) is 0 Å². The van der Waals surface area contributed by atoms with Crippen LogP contribution < -0.4 is 4.90 Å². The minimum Gasteiger partial charge on any atom is -0.314 e. The maximum Gasteiger partial charge on any atom is 0.0626 e. The maximum atomic E-state index is 2.48. The van der Waals surface area contributed by atoms with Gasteiger partial charge in [-0.2, -0.15) is 0 Å². The SMILES string of the molecule is C1=C(c2ccccc2)CCC(N(c2ccc(-c3ccccc3)cc2)c2ccc(-c3ccc(-n4c5ccccc5c5c6c7ccccc7ccc6c6ccccc6c54)cc3)cc2)=C1. The molecule has 2 heteroatoms. The Morgan fingerprint density at radius 1 is 0.339 bits per heavy atom. The van der Waals surface area contributed by atoms with E-state index < -0.39 is 0 Å². The molecule has 1 heterocycles. The molecule has 10 aromatic carbocycles. The van der Waals surface area contributed by atoms with Gasteiger partial charge in [-0.25, -0.2) is 0 Å². The van der Waals surface area contributed by atoms with E-state index in [1.54, 1.807) is 0 Å². The Morgan fingerprint density at radius 3 is 1.52 bits per heavy atom. The zero-order valence-electron chi connectivity index (χ0n) is 34.2. The summed E-state index contributed by atoms with van der Waals surface area (Å²) in [4.78, 5) is 2.43. The summed E-state index contributed by atoms with van der Waals surface area (Å²) >= 11 is 0. The molecule has 0 amide bonds. The van der Waals surface area contributed by atoms with E-state index in [2.05, 4.69) is 240 Å². The van der Waals surface area contributed by atoms with Crippen LogP contribution in [0.4, 0.5) is 11.4 Å².